The van der Waals surface area contributed by atoms with Gasteiger partial charge >= 0.3 is 0 Å². The number of hydrogen-bond donors (Lipinski definition) is 0. The van der Waals surface area contributed by atoms with Gasteiger partial charge in [-0.15, -0.1) is 9.24 Å². The topological polar surface area (TPSA) is 0 Å². The van der Waals surface area contributed by atoms with Crippen molar-refractivity contribution in [2.24, 2.45) is 0 Å². The Bertz CT molecular complexity index is 768. The molecule has 0 aromatic heterocycles. The molecule has 0 radical (unpaired) electrons. The van der Waals surface area contributed by atoms with Crippen LogP contribution >= 0.6 is 9.24 Å². The molecule has 3 rings (SSSR count). The average molecular weight is 304 g/mol. The second-order valence-corrected chi connectivity index (χ2v) is 6.22. The molecule has 0 N–H and O–H groups in total. The smallest absolute Gasteiger partial charge is 0.0122 e. The van der Waals surface area contributed by atoms with Crippen LogP contribution in [-0.4, -0.2) is 0 Å². The first-order valence-electron chi connectivity index (χ1n) is 7.64. The van der Waals surface area contributed by atoms with E-state index in [1.54, 1.807) is 0 Å². The first kappa shape index (κ1) is 15.0. The predicted octanol–water partition coefficient (Wildman–Crippen LogP) is 6.01. The summed E-state index contributed by atoms with van der Waals surface area (Å²) in [5.41, 5.74) is 9.15. The highest BCUT2D eigenvalue weighted by Gasteiger charge is 2.05. The third kappa shape index (κ3) is 3.13. The fourth-order valence-corrected chi connectivity index (χ4v) is 3.10. The van der Waals surface area contributed by atoms with Gasteiger partial charge in [-0.05, 0) is 47.8 Å². The summed E-state index contributed by atoms with van der Waals surface area (Å²) in [6.45, 7) is 4.27. The van der Waals surface area contributed by atoms with Gasteiger partial charge in [0.05, 0.1) is 0 Å². The molecule has 0 amide bonds. The van der Waals surface area contributed by atoms with Crippen LogP contribution in [0.4, 0.5) is 0 Å². The van der Waals surface area contributed by atoms with Gasteiger partial charge in [-0.3, -0.25) is 0 Å². The Morgan fingerprint density at radius 2 is 1.14 bits per heavy atom. The van der Waals surface area contributed by atoms with E-state index in [-0.39, 0.29) is 0 Å². The van der Waals surface area contributed by atoms with Crippen molar-refractivity contribution in [3.05, 3.63) is 83.4 Å². The van der Waals surface area contributed by atoms with Crippen molar-refractivity contribution in [2.45, 2.75) is 20.0 Å². The fourth-order valence-electron chi connectivity index (χ4n) is 2.76. The van der Waals surface area contributed by atoms with Crippen molar-refractivity contribution in [1.29, 1.82) is 0 Å². The molecule has 1 unspecified atom stereocenters. The van der Waals surface area contributed by atoms with Gasteiger partial charge in [-0.2, -0.15) is 0 Å². The Morgan fingerprint density at radius 3 is 1.73 bits per heavy atom. The molecule has 0 fully saturated rings. The summed E-state index contributed by atoms with van der Waals surface area (Å²) in [6.07, 6.45) is 0.983. The molecule has 0 nitrogen and oxygen atoms in total. The normalized spacial score (nSPS) is 10.7. The van der Waals surface area contributed by atoms with Crippen molar-refractivity contribution in [3.63, 3.8) is 0 Å². The van der Waals surface area contributed by atoms with Crippen LogP contribution in [0.15, 0.2) is 66.7 Å². The molecule has 0 aliphatic carbocycles. The van der Waals surface area contributed by atoms with Crippen LogP contribution in [0.5, 0.6) is 0 Å². The molecule has 0 saturated carbocycles. The SMILES string of the molecule is Cc1ccc(-c2ccc(-c3ccc(C)cc3CP)cc2)cc1. The van der Waals surface area contributed by atoms with Crippen LogP contribution in [-0.2, 0) is 6.16 Å². The number of benzene rings is 3. The molecule has 0 aliphatic heterocycles. The largest absolute Gasteiger partial charge is 0.133 e. The highest BCUT2D eigenvalue weighted by Crippen LogP contribution is 2.29. The second-order valence-electron chi connectivity index (χ2n) is 5.81. The first-order chi connectivity index (χ1) is 10.7. The third-order valence-corrected chi connectivity index (χ3v) is 4.50. The first-order valence-corrected chi connectivity index (χ1v) is 8.46. The Labute approximate surface area is 135 Å². The molecule has 0 aliphatic rings. The molecule has 22 heavy (non-hydrogen) atoms. The zero-order chi connectivity index (χ0) is 15.5. The molecule has 0 saturated heterocycles. The lowest BCUT2D eigenvalue weighted by Crippen LogP contribution is -1.88. The summed E-state index contributed by atoms with van der Waals surface area (Å²) < 4.78 is 0. The quantitative estimate of drug-likeness (QED) is 0.520. The van der Waals surface area contributed by atoms with E-state index < -0.39 is 0 Å². The molecular formula is C21H21P. The zero-order valence-electron chi connectivity index (χ0n) is 13.1. The maximum absolute atomic E-state index is 2.83. The van der Waals surface area contributed by atoms with E-state index in [0.717, 1.165) is 6.16 Å². The lowest BCUT2D eigenvalue weighted by Gasteiger charge is -2.10. The van der Waals surface area contributed by atoms with Crippen molar-refractivity contribution < 1.29 is 0 Å². The van der Waals surface area contributed by atoms with Gasteiger partial charge in [0, 0.05) is 0 Å². The Kier molecular flexibility index (Phi) is 4.41. The standard InChI is InChI=1S/C21H21P/c1-15-3-6-17(7-4-15)18-8-10-19(11-9-18)21-12-5-16(2)13-20(21)14-22/h3-13H,14,22H2,1-2H3. The predicted molar refractivity (Wildman–Crippen MR) is 100 cm³/mol. The van der Waals surface area contributed by atoms with E-state index >= 15 is 0 Å². The van der Waals surface area contributed by atoms with E-state index in [1.165, 1.54) is 38.9 Å². The van der Waals surface area contributed by atoms with E-state index in [0.29, 0.717) is 0 Å². The molecule has 110 valence electrons. The van der Waals surface area contributed by atoms with Crippen LogP contribution in [0.2, 0.25) is 0 Å². The summed E-state index contributed by atoms with van der Waals surface area (Å²) in [5.74, 6) is 0. The van der Waals surface area contributed by atoms with E-state index in [1.807, 2.05) is 0 Å². The molecule has 0 heterocycles. The van der Waals surface area contributed by atoms with Crippen molar-refractivity contribution in [1.82, 2.24) is 0 Å². The third-order valence-electron chi connectivity index (χ3n) is 4.06. The van der Waals surface area contributed by atoms with Gasteiger partial charge < -0.3 is 0 Å². The van der Waals surface area contributed by atoms with E-state index in [9.17, 15) is 0 Å². The molecule has 0 bridgehead atoms. The van der Waals surface area contributed by atoms with Gasteiger partial charge in [0.1, 0.15) is 0 Å². The minimum atomic E-state index is 0.983. The van der Waals surface area contributed by atoms with Gasteiger partial charge in [0.25, 0.3) is 0 Å². The summed E-state index contributed by atoms with van der Waals surface area (Å²) in [7, 11) is 2.83. The van der Waals surface area contributed by atoms with Crippen LogP contribution in [0.3, 0.4) is 0 Å². The van der Waals surface area contributed by atoms with Crippen LogP contribution in [0, 0.1) is 13.8 Å². The number of rotatable bonds is 3. The minimum absolute atomic E-state index is 0.983. The number of aryl methyl sites for hydroxylation is 2. The Morgan fingerprint density at radius 1 is 0.636 bits per heavy atom. The molecule has 1 heteroatoms. The lowest BCUT2D eigenvalue weighted by molar-refractivity contribution is 1.35. The Hall–Kier alpha value is -1.91. The van der Waals surface area contributed by atoms with E-state index in [2.05, 4.69) is 89.8 Å². The highest BCUT2D eigenvalue weighted by atomic mass is 31.0. The number of hydrogen-bond acceptors (Lipinski definition) is 0. The Balaban J connectivity index is 1.96. The molecule has 0 spiro atoms. The second kappa shape index (κ2) is 6.46. The molecule has 1 atom stereocenters. The van der Waals surface area contributed by atoms with Crippen LogP contribution < -0.4 is 0 Å². The van der Waals surface area contributed by atoms with E-state index in [4.69, 9.17) is 0 Å². The lowest BCUT2D eigenvalue weighted by atomic mass is 9.96. The van der Waals surface area contributed by atoms with Crippen molar-refractivity contribution in [3.8, 4) is 22.3 Å². The summed E-state index contributed by atoms with van der Waals surface area (Å²) >= 11 is 0. The highest BCUT2D eigenvalue weighted by molar-refractivity contribution is 7.15. The maximum atomic E-state index is 2.83. The molecular weight excluding hydrogens is 283 g/mol. The molecule has 3 aromatic rings. The maximum Gasteiger partial charge on any atom is -0.0122 e. The zero-order valence-corrected chi connectivity index (χ0v) is 14.3. The van der Waals surface area contributed by atoms with Gasteiger partial charge in [0.2, 0.25) is 0 Å². The van der Waals surface area contributed by atoms with Crippen molar-refractivity contribution >= 4 is 9.24 Å². The van der Waals surface area contributed by atoms with Crippen molar-refractivity contribution in [2.75, 3.05) is 0 Å². The van der Waals surface area contributed by atoms with Gasteiger partial charge in [-0.25, -0.2) is 0 Å². The average Bonchev–Trinajstić information content (AvgIpc) is 2.56. The van der Waals surface area contributed by atoms with Crippen LogP contribution in [0.25, 0.3) is 22.3 Å². The summed E-state index contributed by atoms with van der Waals surface area (Å²) in [5, 5.41) is 0. The van der Waals surface area contributed by atoms with Crippen LogP contribution in [0.1, 0.15) is 16.7 Å². The summed E-state index contributed by atoms with van der Waals surface area (Å²) in [6, 6.07) is 24.3. The van der Waals surface area contributed by atoms with Gasteiger partial charge in [-0.1, -0.05) is 77.9 Å². The molecule has 3 aromatic carbocycles. The monoisotopic (exact) mass is 304 g/mol. The fraction of sp³-hybridized carbons (Fsp3) is 0.143. The van der Waals surface area contributed by atoms with Gasteiger partial charge in [0.15, 0.2) is 0 Å². The summed E-state index contributed by atoms with van der Waals surface area (Å²) in [4.78, 5) is 0. The minimum Gasteiger partial charge on any atom is -0.133 e.